The molecule has 12 heteroatoms. The summed E-state index contributed by atoms with van der Waals surface area (Å²) in [5, 5.41) is 8.78. The van der Waals surface area contributed by atoms with Crippen molar-refractivity contribution in [2.75, 3.05) is 11.3 Å². The van der Waals surface area contributed by atoms with Crippen LogP contribution in [-0.4, -0.2) is 37.2 Å². The molecule has 2 aromatic carbocycles. The minimum absolute atomic E-state index is 0.0910. The second kappa shape index (κ2) is 9.15. The van der Waals surface area contributed by atoms with Crippen LogP contribution in [-0.2, 0) is 25.7 Å². The van der Waals surface area contributed by atoms with E-state index in [4.69, 9.17) is 9.84 Å². The minimum Gasteiger partial charge on any atom is -0.479 e. The lowest BCUT2D eigenvalue weighted by Crippen LogP contribution is -2.19. The first-order chi connectivity index (χ1) is 15.0. The predicted octanol–water partition coefficient (Wildman–Crippen LogP) is 3.96. The first-order valence-corrected chi connectivity index (χ1v) is 11.2. The zero-order valence-corrected chi connectivity index (χ0v) is 17.9. The number of sulfonamides is 1. The quantitative estimate of drug-likeness (QED) is 0.513. The molecule has 1 unspecified atom stereocenters. The molecule has 3 rings (SSSR count). The van der Waals surface area contributed by atoms with E-state index in [1.165, 1.54) is 36.5 Å². The SMILES string of the molecule is CC(OCC#Cc1cc(C(F)(F)F)ccc1NS(=O)(=O)c1ccc2ncsc2c1)C(=O)O. The van der Waals surface area contributed by atoms with Crippen molar-refractivity contribution in [2.24, 2.45) is 0 Å². The number of benzene rings is 2. The van der Waals surface area contributed by atoms with Gasteiger partial charge in [-0.25, -0.2) is 18.2 Å². The number of aliphatic carboxylic acids is 1. The molecule has 0 amide bonds. The summed E-state index contributed by atoms with van der Waals surface area (Å²) in [5.41, 5.74) is 0.752. The van der Waals surface area contributed by atoms with Gasteiger partial charge in [0.2, 0.25) is 0 Å². The van der Waals surface area contributed by atoms with Crippen molar-refractivity contribution in [3.63, 3.8) is 0 Å². The lowest BCUT2D eigenvalue weighted by atomic mass is 10.1. The summed E-state index contributed by atoms with van der Waals surface area (Å²) in [6.07, 6.45) is -5.83. The third-order valence-electron chi connectivity index (χ3n) is 4.18. The van der Waals surface area contributed by atoms with Gasteiger partial charge in [-0.3, -0.25) is 4.72 Å². The van der Waals surface area contributed by atoms with E-state index < -0.39 is 33.8 Å². The van der Waals surface area contributed by atoms with Crippen LogP contribution in [0.2, 0.25) is 0 Å². The summed E-state index contributed by atoms with van der Waals surface area (Å²) in [4.78, 5) is 14.7. The second-order valence-electron chi connectivity index (χ2n) is 6.44. The average molecular weight is 484 g/mol. The normalized spacial score (nSPS) is 12.8. The molecule has 0 aliphatic heterocycles. The number of rotatable bonds is 6. The molecule has 1 atom stereocenters. The largest absolute Gasteiger partial charge is 0.479 e. The Morgan fingerprint density at radius 3 is 2.72 bits per heavy atom. The maximum absolute atomic E-state index is 13.1. The number of fused-ring (bicyclic) bond motifs is 1. The molecule has 3 aromatic rings. The van der Waals surface area contributed by atoms with E-state index in [2.05, 4.69) is 21.5 Å². The molecule has 0 saturated carbocycles. The Balaban J connectivity index is 1.93. The fourth-order valence-electron chi connectivity index (χ4n) is 2.49. The molecule has 1 heterocycles. The standard InChI is InChI=1S/C20H15F3N2O5S2/c1-12(19(26)27)30-8-2-3-13-9-14(20(21,22)23)4-6-16(13)25-32(28,29)15-5-7-17-18(10-15)31-11-24-17/h4-7,9-12,25H,8H2,1H3,(H,26,27). The van der Waals surface area contributed by atoms with Crippen molar-refractivity contribution in [2.45, 2.75) is 24.1 Å². The number of aromatic nitrogens is 1. The number of ether oxygens (including phenoxy) is 1. The van der Waals surface area contributed by atoms with Crippen LogP contribution >= 0.6 is 11.3 Å². The maximum Gasteiger partial charge on any atom is 0.416 e. The number of carbonyl (C=O) groups is 1. The predicted molar refractivity (Wildman–Crippen MR) is 112 cm³/mol. The van der Waals surface area contributed by atoms with Crippen LogP contribution in [0.15, 0.2) is 46.8 Å². The molecule has 0 aliphatic rings. The number of carboxylic acids is 1. The first kappa shape index (κ1) is 23.5. The zero-order chi connectivity index (χ0) is 23.5. The summed E-state index contributed by atoms with van der Waals surface area (Å²) in [7, 11) is -4.14. The van der Waals surface area contributed by atoms with Gasteiger partial charge >= 0.3 is 12.1 Å². The van der Waals surface area contributed by atoms with Gasteiger partial charge in [-0.05, 0) is 43.3 Å². The second-order valence-corrected chi connectivity index (χ2v) is 9.01. The van der Waals surface area contributed by atoms with Gasteiger partial charge in [0.25, 0.3) is 10.0 Å². The number of hydrogen-bond donors (Lipinski definition) is 2. The molecule has 32 heavy (non-hydrogen) atoms. The summed E-state index contributed by atoms with van der Waals surface area (Å²) >= 11 is 1.24. The van der Waals surface area contributed by atoms with Crippen LogP contribution in [0.3, 0.4) is 0 Å². The van der Waals surface area contributed by atoms with E-state index in [0.717, 1.165) is 12.1 Å². The molecule has 0 radical (unpaired) electrons. The molecular weight excluding hydrogens is 469 g/mol. The van der Waals surface area contributed by atoms with Crippen molar-refractivity contribution in [1.29, 1.82) is 0 Å². The number of nitrogens with zero attached hydrogens (tertiary/aromatic N) is 1. The van der Waals surface area contributed by atoms with Crippen LogP contribution in [0, 0.1) is 11.8 Å². The number of nitrogens with one attached hydrogen (secondary N) is 1. The molecule has 168 valence electrons. The highest BCUT2D eigenvalue weighted by Crippen LogP contribution is 2.32. The molecule has 0 fully saturated rings. The number of hydrogen-bond acceptors (Lipinski definition) is 6. The third kappa shape index (κ3) is 5.56. The summed E-state index contributed by atoms with van der Waals surface area (Å²) < 4.78 is 72.8. The van der Waals surface area contributed by atoms with Crippen LogP contribution in [0.1, 0.15) is 18.1 Å². The first-order valence-electron chi connectivity index (χ1n) is 8.88. The number of thiazole rings is 1. The van der Waals surface area contributed by atoms with Gasteiger partial charge in [-0.15, -0.1) is 11.3 Å². The number of carboxylic acid groups (broad SMARTS) is 1. The Hall–Kier alpha value is -3.14. The Morgan fingerprint density at radius 2 is 2.03 bits per heavy atom. The average Bonchev–Trinajstić information content (AvgIpc) is 3.18. The monoisotopic (exact) mass is 484 g/mol. The van der Waals surface area contributed by atoms with Crippen LogP contribution in [0.5, 0.6) is 0 Å². The van der Waals surface area contributed by atoms with Gasteiger partial charge in [-0.1, -0.05) is 11.8 Å². The molecule has 2 N–H and O–H groups in total. The smallest absolute Gasteiger partial charge is 0.416 e. The Labute approximate surface area is 184 Å². The van der Waals surface area contributed by atoms with E-state index in [1.54, 1.807) is 5.51 Å². The third-order valence-corrected chi connectivity index (χ3v) is 6.34. The van der Waals surface area contributed by atoms with Gasteiger partial charge in [0.15, 0.2) is 6.10 Å². The van der Waals surface area contributed by atoms with Crippen molar-refractivity contribution in [3.05, 3.63) is 53.0 Å². The Kier molecular flexibility index (Phi) is 6.73. The van der Waals surface area contributed by atoms with Crippen LogP contribution in [0.4, 0.5) is 18.9 Å². The Morgan fingerprint density at radius 1 is 1.28 bits per heavy atom. The van der Waals surface area contributed by atoms with Gasteiger partial charge in [0.1, 0.15) is 6.61 Å². The topological polar surface area (TPSA) is 106 Å². The van der Waals surface area contributed by atoms with E-state index in [9.17, 15) is 26.4 Å². The summed E-state index contributed by atoms with van der Waals surface area (Å²) in [6, 6.07) is 6.67. The lowest BCUT2D eigenvalue weighted by molar-refractivity contribution is -0.148. The maximum atomic E-state index is 13.1. The number of alkyl halides is 3. The van der Waals surface area contributed by atoms with E-state index in [1.807, 2.05) is 0 Å². The molecule has 0 bridgehead atoms. The van der Waals surface area contributed by atoms with Crippen molar-refractivity contribution in [1.82, 2.24) is 4.98 Å². The van der Waals surface area contributed by atoms with Gasteiger partial charge in [0, 0.05) is 5.56 Å². The van der Waals surface area contributed by atoms with E-state index in [0.29, 0.717) is 16.3 Å². The highest BCUT2D eigenvalue weighted by atomic mass is 32.2. The number of anilines is 1. The fourth-order valence-corrected chi connectivity index (χ4v) is 4.39. The van der Waals surface area contributed by atoms with E-state index in [-0.39, 0.29) is 22.8 Å². The van der Waals surface area contributed by atoms with Gasteiger partial charge in [-0.2, -0.15) is 13.2 Å². The fraction of sp³-hybridized carbons (Fsp3) is 0.200. The molecule has 7 nitrogen and oxygen atoms in total. The van der Waals surface area contributed by atoms with Crippen LogP contribution in [0.25, 0.3) is 10.2 Å². The van der Waals surface area contributed by atoms with Gasteiger partial charge in [0.05, 0.1) is 31.9 Å². The number of halogens is 3. The van der Waals surface area contributed by atoms with Crippen molar-refractivity contribution in [3.8, 4) is 11.8 Å². The molecule has 0 spiro atoms. The van der Waals surface area contributed by atoms with Crippen molar-refractivity contribution < 1.29 is 36.2 Å². The molecular formula is C20H15F3N2O5S2. The summed E-state index contributed by atoms with van der Waals surface area (Å²) in [6.45, 7) is 0.895. The van der Waals surface area contributed by atoms with Gasteiger partial charge < -0.3 is 9.84 Å². The highest BCUT2D eigenvalue weighted by Gasteiger charge is 2.31. The van der Waals surface area contributed by atoms with E-state index >= 15 is 0 Å². The highest BCUT2D eigenvalue weighted by molar-refractivity contribution is 7.92. The van der Waals surface area contributed by atoms with Crippen molar-refractivity contribution >= 4 is 43.2 Å². The minimum atomic E-state index is -4.67. The lowest BCUT2D eigenvalue weighted by Gasteiger charge is -2.13. The molecule has 1 aromatic heterocycles. The molecule has 0 aliphatic carbocycles. The Bertz CT molecular complexity index is 1320. The van der Waals surface area contributed by atoms with Crippen LogP contribution < -0.4 is 4.72 Å². The molecule has 0 saturated heterocycles. The summed E-state index contributed by atoms with van der Waals surface area (Å²) in [5.74, 6) is 3.60. The zero-order valence-electron chi connectivity index (χ0n) is 16.3.